The van der Waals surface area contributed by atoms with Crippen molar-refractivity contribution in [2.75, 3.05) is 7.11 Å². The van der Waals surface area contributed by atoms with Crippen LogP contribution >= 0.6 is 0 Å². The molecule has 0 bridgehead atoms. The number of carbonyl (C=O) groups excluding carboxylic acids is 1. The molecule has 0 fully saturated rings. The lowest BCUT2D eigenvalue weighted by Gasteiger charge is -2.20. The molecule has 0 radical (unpaired) electrons. The van der Waals surface area contributed by atoms with Crippen LogP contribution in [0, 0.1) is 5.82 Å². The molecule has 24 heavy (non-hydrogen) atoms. The van der Waals surface area contributed by atoms with Crippen LogP contribution in [0.4, 0.5) is 4.39 Å². The van der Waals surface area contributed by atoms with E-state index in [1.54, 1.807) is 56.5 Å². The number of hydrogen-bond donors (Lipinski definition) is 2. The summed E-state index contributed by atoms with van der Waals surface area (Å²) >= 11 is 0. The van der Waals surface area contributed by atoms with Crippen molar-refractivity contribution in [1.29, 1.82) is 0 Å². The van der Waals surface area contributed by atoms with E-state index in [4.69, 9.17) is 4.74 Å². The lowest BCUT2D eigenvalue weighted by Crippen LogP contribution is -2.36. The zero-order valence-corrected chi connectivity index (χ0v) is 13.6. The van der Waals surface area contributed by atoms with E-state index in [2.05, 4.69) is 5.32 Å². The van der Waals surface area contributed by atoms with Gasteiger partial charge >= 0.3 is 0 Å². The van der Waals surface area contributed by atoms with Gasteiger partial charge in [0.1, 0.15) is 11.6 Å². The van der Waals surface area contributed by atoms with Crippen molar-refractivity contribution in [1.82, 2.24) is 5.32 Å². The third kappa shape index (κ3) is 4.93. The maximum atomic E-state index is 12.8. The Bertz CT molecular complexity index is 696. The van der Waals surface area contributed by atoms with Gasteiger partial charge in [-0.3, -0.25) is 4.79 Å². The standard InChI is InChI=1S/C19H20FNO3/c1-13(19(23)15-6-10-17(24-2)11-7-15)21-18(22)12-5-14-3-8-16(20)9-4-14/h3-13,19,23H,1-2H3,(H,21,22)/b12-5+. The highest BCUT2D eigenvalue weighted by molar-refractivity contribution is 5.91. The van der Waals surface area contributed by atoms with Crippen molar-refractivity contribution in [2.45, 2.75) is 19.1 Å². The summed E-state index contributed by atoms with van der Waals surface area (Å²) in [5, 5.41) is 13.0. The summed E-state index contributed by atoms with van der Waals surface area (Å²) < 4.78 is 17.9. The molecule has 0 aliphatic heterocycles. The summed E-state index contributed by atoms with van der Waals surface area (Å²) in [6, 6.07) is 12.3. The van der Waals surface area contributed by atoms with Crippen LogP contribution in [0.25, 0.3) is 6.08 Å². The van der Waals surface area contributed by atoms with E-state index < -0.39 is 12.1 Å². The second-order valence-corrected chi connectivity index (χ2v) is 5.40. The third-order valence-electron chi connectivity index (χ3n) is 3.60. The highest BCUT2D eigenvalue weighted by atomic mass is 19.1. The lowest BCUT2D eigenvalue weighted by atomic mass is 10.0. The van der Waals surface area contributed by atoms with Gasteiger partial charge in [-0.1, -0.05) is 24.3 Å². The number of halogens is 1. The smallest absolute Gasteiger partial charge is 0.244 e. The van der Waals surface area contributed by atoms with Crippen molar-refractivity contribution in [3.8, 4) is 5.75 Å². The number of amides is 1. The Balaban J connectivity index is 1.93. The summed E-state index contributed by atoms with van der Waals surface area (Å²) in [5.41, 5.74) is 1.40. The van der Waals surface area contributed by atoms with Gasteiger partial charge in [0, 0.05) is 6.08 Å². The van der Waals surface area contributed by atoms with E-state index in [9.17, 15) is 14.3 Å². The first-order valence-electron chi connectivity index (χ1n) is 7.56. The SMILES string of the molecule is COc1ccc(C(O)C(C)NC(=O)/C=C/c2ccc(F)cc2)cc1. The van der Waals surface area contributed by atoms with Crippen molar-refractivity contribution < 1.29 is 19.0 Å². The summed E-state index contributed by atoms with van der Waals surface area (Å²) in [5.74, 6) is 0.0390. The summed E-state index contributed by atoms with van der Waals surface area (Å²) in [6.45, 7) is 1.72. The van der Waals surface area contributed by atoms with Crippen LogP contribution in [-0.4, -0.2) is 24.2 Å². The van der Waals surface area contributed by atoms with Crippen LogP contribution in [-0.2, 0) is 4.79 Å². The first-order valence-corrected chi connectivity index (χ1v) is 7.56. The van der Waals surface area contributed by atoms with E-state index in [-0.39, 0.29) is 11.7 Å². The van der Waals surface area contributed by atoms with Crippen molar-refractivity contribution in [2.24, 2.45) is 0 Å². The van der Waals surface area contributed by atoms with Crippen molar-refractivity contribution in [3.05, 3.63) is 71.6 Å². The number of hydrogen-bond acceptors (Lipinski definition) is 3. The van der Waals surface area contributed by atoms with Crippen LogP contribution in [0.15, 0.2) is 54.6 Å². The van der Waals surface area contributed by atoms with E-state index in [1.165, 1.54) is 18.2 Å². The molecule has 2 atom stereocenters. The molecule has 5 heteroatoms. The van der Waals surface area contributed by atoms with Gasteiger partial charge in [0.25, 0.3) is 0 Å². The highest BCUT2D eigenvalue weighted by Gasteiger charge is 2.17. The molecule has 126 valence electrons. The van der Waals surface area contributed by atoms with Gasteiger partial charge < -0.3 is 15.2 Å². The largest absolute Gasteiger partial charge is 0.497 e. The molecule has 0 spiro atoms. The minimum atomic E-state index is -0.834. The molecular weight excluding hydrogens is 309 g/mol. The molecule has 4 nitrogen and oxygen atoms in total. The Kier molecular flexibility index (Phi) is 6.09. The quantitative estimate of drug-likeness (QED) is 0.801. The number of rotatable bonds is 6. The summed E-state index contributed by atoms with van der Waals surface area (Å²) in [4.78, 5) is 11.9. The number of aliphatic hydroxyl groups excluding tert-OH is 1. The van der Waals surface area contributed by atoms with Crippen molar-refractivity contribution in [3.63, 3.8) is 0 Å². The summed E-state index contributed by atoms with van der Waals surface area (Å²) in [7, 11) is 1.57. The number of nitrogens with one attached hydrogen (secondary N) is 1. The van der Waals surface area contributed by atoms with Gasteiger partial charge in [-0.25, -0.2) is 4.39 Å². The van der Waals surface area contributed by atoms with Crippen LogP contribution < -0.4 is 10.1 Å². The van der Waals surface area contributed by atoms with Gasteiger partial charge in [0.2, 0.25) is 5.91 Å². The Morgan fingerprint density at radius 2 is 1.79 bits per heavy atom. The summed E-state index contributed by atoms with van der Waals surface area (Å²) in [6.07, 6.45) is 2.10. The number of carbonyl (C=O) groups is 1. The predicted molar refractivity (Wildman–Crippen MR) is 91.0 cm³/mol. The molecule has 0 aliphatic carbocycles. The number of aliphatic hydroxyl groups is 1. The maximum Gasteiger partial charge on any atom is 0.244 e. The van der Waals surface area contributed by atoms with Crippen LogP contribution in [0.5, 0.6) is 5.75 Å². The Labute approximate surface area is 140 Å². The molecule has 0 aromatic heterocycles. The molecule has 2 N–H and O–H groups in total. The number of benzene rings is 2. The maximum absolute atomic E-state index is 12.8. The molecular formula is C19H20FNO3. The molecule has 0 saturated carbocycles. The normalized spacial score (nSPS) is 13.5. The Morgan fingerprint density at radius 1 is 1.17 bits per heavy atom. The fraction of sp³-hybridized carbons (Fsp3) is 0.211. The molecule has 1 amide bonds. The second-order valence-electron chi connectivity index (χ2n) is 5.40. The van der Waals surface area contributed by atoms with E-state index in [1.807, 2.05) is 0 Å². The van der Waals surface area contributed by atoms with Crippen molar-refractivity contribution >= 4 is 12.0 Å². The molecule has 0 aliphatic rings. The highest BCUT2D eigenvalue weighted by Crippen LogP contribution is 2.20. The lowest BCUT2D eigenvalue weighted by molar-refractivity contribution is -0.117. The molecule has 2 unspecified atom stereocenters. The zero-order valence-electron chi connectivity index (χ0n) is 13.6. The second kappa shape index (κ2) is 8.26. The average molecular weight is 329 g/mol. The predicted octanol–water partition coefficient (Wildman–Crippen LogP) is 3.09. The third-order valence-corrected chi connectivity index (χ3v) is 3.60. The van der Waals surface area contributed by atoms with Gasteiger partial charge in [-0.05, 0) is 48.4 Å². The average Bonchev–Trinajstić information content (AvgIpc) is 2.60. The van der Waals surface area contributed by atoms with Gasteiger partial charge in [-0.15, -0.1) is 0 Å². The van der Waals surface area contributed by atoms with Gasteiger partial charge in [0.05, 0.1) is 19.3 Å². The van der Waals surface area contributed by atoms with E-state index in [0.717, 1.165) is 5.56 Å². The number of ether oxygens (including phenoxy) is 1. The van der Waals surface area contributed by atoms with Crippen LogP contribution in [0.2, 0.25) is 0 Å². The minimum absolute atomic E-state index is 0.326. The molecule has 0 heterocycles. The molecule has 0 saturated heterocycles. The Morgan fingerprint density at radius 3 is 2.38 bits per heavy atom. The van der Waals surface area contributed by atoms with Crippen LogP contribution in [0.1, 0.15) is 24.2 Å². The first kappa shape index (κ1) is 17.7. The molecule has 2 rings (SSSR count). The monoisotopic (exact) mass is 329 g/mol. The van der Waals surface area contributed by atoms with E-state index in [0.29, 0.717) is 11.3 Å². The molecule has 2 aromatic carbocycles. The molecule has 2 aromatic rings. The topological polar surface area (TPSA) is 58.6 Å². The van der Waals surface area contributed by atoms with Crippen LogP contribution in [0.3, 0.4) is 0 Å². The zero-order chi connectivity index (χ0) is 17.5. The first-order chi connectivity index (χ1) is 11.5. The van der Waals surface area contributed by atoms with Gasteiger partial charge in [0.15, 0.2) is 0 Å². The minimum Gasteiger partial charge on any atom is -0.497 e. The Hall–Kier alpha value is -2.66. The van der Waals surface area contributed by atoms with Gasteiger partial charge in [-0.2, -0.15) is 0 Å². The fourth-order valence-corrected chi connectivity index (χ4v) is 2.19. The van der Waals surface area contributed by atoms with E-state index >= 15 is 0 Å². The fourth-order valence-electron chi connectivity index (χ4n) is 2.19. The number of methoxy groups -OCH3 is 1.